The molecule has 0 bridgehead atoms. The molecular formula is C19H25ClN2O3. The van der Waals surface area contributed by atoms with Gasteiger partial charge in [-0.25, -0.2) is 0 Å². The second kappa shape index (κ2) is 9.49. The summed E-state index contributed by atoms with van der Waals surface area (Å²) in [5, 5.41) is 3.04. The summed E-state index contributed by atoms with van der Waals surface area (Å²) in [7, 11) is 1.61. The molecule has 0 radical (unpaired) electrons. The van der Waals surface area contributed by atoms with Crippen LogP contribution in [-0.4, -0.2) is 37.6 Å². The number of piperidine rings is 1. The summed E-state index contributed by atoms with van der Waals surface area (Å²) >= 11 is 0. The molecule has 1 amide bonds. The zero-order chi connectivity index (χ0) is 16.8. The van der Waals surface area contributed by atoms with Crippen LogP contribution in [0.4, 0.5) is 0 Å². The standard InChI is InChI=1S/C19H24N2O3.ClH/c1-23-16-9-7-15(8-10-16)19(22)20-14-17(18-6-5-13-24-18)21-11-3-2-4-12-21;/h5-10,13,17H,2-4,11-12,14H2,1H3,(H,20,22);1H. The van der Waals surface area contributed by atoms with Crippen molar-refractivity contribution in [1.82, 2.24) is 10.2 Å². The fourth-order valence-electron chi connectivity index (χ4n) is 3.15. The number of carbonyl (C=O) groups is 1. The number of rotatable bonds is 6. The minimum Gasteiger partial charge on any atom is -0.497 e. The molecule has 25 heavy (non-hydrogen) atoms. The summed E-state index contributed by atoms with van der Waals surface area (Å²) in [6.07, 6.45) is 5.37. The van der Waals surface area contributed by atoms with E-state index in [2.05, 4.69) is 10.2 Å². The number of amides is 1. The van der Waals surface area contributed by atoms with Crippen LogP contribution in [0, 0.1) is 0 Å². The van der Waals surface area contributed by atoms with Gasteiger partial charge in [-0.15, -0.1) is 12.4 Å². The van der Waals surface area contributed by atoms with Crippen molar-refractivity contribution in [2.24, 2.45) is 0 Å². The Bertz CT molecular complexity index is 637. The molecule has 2 heterocycles. The Morgan fingerprint density at radius 2 is 1.92 bits per heavy atom. The van der Waals surface area contributed by atoms with Gasteiger partial charge in [0.1, 0.15) is 11.5 Å². The second-order valence-electron chi connectivity index (χ2n) is 6.07. The van der Waals surface area contributed by atoms with Crippen LogP contribution in [0.1, 0.15) is 41.4 Å². The van der Waals surface area contributed by atoms with E-state index in [4.69, 9.17) is 9.15 Å². The predicted octanol–water partition coefficient (Wildman–Crippen LogP) is 3.67. The van der Waals surface area contributed by atoms with Gasteiger partial charge in [0, 0.05) is 12.1 Å². The first-order valence-electron chi connectivity index (χ1n) is 8.47. The molecule has 2 aromatic rings. The molecule has 0 aliphatic carbocycles. The Hall–Kier alpha value is -1.98. The summed E-state index contributed by atoms with van der Waals surface area (Å²) < 4.78 is 10.7. The van der Waals surface area contributed by atoms with Gasteiger partial charge in [0.15, 0.2) is 0 Å². The largest absolute Gasteiger partial charge is 0.497 e. The summed E-state index contributed by atoms with van der Waals surface area (Å²) in [6.45, 7) is 2.63. The lowest BCUT2D eigenvalue weighted by atomic mass is 10.1. The van der Waals surface area contributed by atoms with Crippen LogP contribution in [0.5, 0.6) is 5.75 Å². The molecular weight excluding hydrogens is 340 g/mol. The third kappa shape index (κ3) is 5.00. The minimum absolute atomic E-state index is 0. The molecule has 6 heteroatoms. The molecule has 1 saturated heterocycles. The molecule has 3 rings (SSSR count). The van der Waals surface area contributed by atoms with Crippen LogP contribution in [0.3, 0.4) is 0 Å². The van der Waals surface area contributed by atoms with Crippen molar-refractivity contribution < 1.29 is 13.9 Å². The van der Waals surface area contributed by atoms with Gasteiger partial charge in [0.25, 0.3) is 5.91 Å². The van der Waals surface area contributed by atoms with Gasteiger partial charge in [-0.05, 0) is 62.3 Å². The Kier molecular flexibility index (Phi) is 7.34. The van der Waals surface area contributed by atoms with Crippen LogP contribution in [0.15, 0.2) is 47.1 Å². The maximum atomic E-state index is 12.4. The zero-order valence-electron chi connectivity index (χ0n) is 14.4. The van der Waals surface area contributed by atoms with Gasteiger partial charge in [0.05, 0.1) is 19.4 Å². The highest BCUT2D eigenvalue weighted by Crippen LogP contribution is 2.24. The van der Waals surface area contributed by atoms with E-state index in [1.54, 1.807) is 37.6 Å². The molecule has 1 aliphatic heterocycles. The molecule has 136 valence electrons. The number of nitrogens with zero attached hydrogens (tertiary/aromatic N) is 1. The molecule has 0 saturated carbocycles. The van der Waals surface area contributed by atoms with E-state index in [1.165, 1.54) is 19.3 Å². The smallest absolute Gasteiger partial charge is 0.251 e. The molecule has 1 unspecified atom stereocenters. The first kappa shape index (κ1) is 19.3. The molecule has 1 fully saturated rings. The third-order valence-corrected chi connectivity index (χ3v) is 4.51. The Balaban J connectivity index is 0.00000225. The lowest BCUT2D eigenvalue weighted by Gasteiger charge is -2.33. The van der Waals surface area contributed by atoms with Gasteiger partial charge >= 0.3 is 0 Å². The summed E-state index contributed by atoms with van der Waals surface area (Å²) in [4.78, 5) is 14.8. The first-order chi connectivity index (χ1) is 11.8. The number of nitrogens with one attached hydrogen (secondary N) is 1. The summed E-state index contributed by atoms with van der Waals surface area (Å²) in [5.41, 5.74) is 0.632. The normalized spacial score (nSPS) is 15.9. The van der Waals surface area contributed by atoms with Gasteiger partial charge in [-0.3, -0.25) is 9.69 Å². The van der Waals surface area contributed by atoms with Crippen LogP contribution in [-0.2, 0) is 0 Å². The molecule has 1 atom stereocenters. The highest BCUT2D eigenvalue weighted by Gasteiger charge is 2.25. The monoisotopic (exact) mass is 364 g/mol. The lowest BCUT2D eigenvalue weighted by molar-refractivity contribution is 0.0914. The molecule has 5 nitrogen and oxygen atoms in total. The second-order valence-corrected chi connectivity index (χ2v) is 6.07. The van der Waals surface area contributed by atoms with E-state index in [-0.39, 0.29) is 24.4 Å². The number of furan rings is 1. The maximum absolute atomic E-state index is 12.4. The van der Waals surface area contributed by atoms with E-state index in [9.17, 15) is 4.79 Å². The van der Waals surface area contributed by atoms with E-state index in [0.29, 0.717) is 12.1 Å². The molecule has 1 aromatic carbocycles. The molecule has 1 N–H and O–H groups in total. The molecule has 1 aliphatic rings. The van der Waals surface area contributed by atoms with E-state index >= 15 is 0 Å². The number of likely N-dealkylation sites (tertiary alicyclic amines) is 1. The maximum Gasteiger partial charge on any atom is 0.251 e. The average Bonchev–Trinajstić information content (AvgIpc) is 3.17. The lowest BCUT2D eigenvalue weighted by Crippen LogP contribution is -2.40. The summed E-state index contributed by atoms with van der Waals surface area (Å²) in [5.74, 6) is 1.58. The predicted molar refractivity (Wildman–Crippen MR) is 99.4 cm³/mol. The van der Waals surface area contributed by atoms with E-state index < -0.39 is 0 Å². The number of halogens is 1. The van der Waals surface area contributed by atoms with Gasteiger partial charge < -0.3 is 14.5 Å². The zero-order valence-corrected chi connectivity index (χ0v) is 15.3. The van der Waals surface area contributed by atoms with Crippen molar-refractivity contribution in [2.75, 3.05) is 26.7 Å². The minimum atomic E-state index is -0.0776. The number of carbonyl (C=O) groups excluding carboxylic acids is 1. The summed E-state index contributed by atoms with van der Waals surface area (Å²) in [6, 6.07) is 11.1. The van der Waals surface area contributed by atoms with E-state index in [0.717, 1.165) is 24.6 Å². The Morgan fingerprint density at radius 1 is 1.20 bits per heavy atom. The highest BCUT2D eigenvalue weighted by molar-refractivity contribution is 5.94. The number of ether oxygens (including phenoxy) is 1. The highest BCUT2D eigenvalue weighted by atomic mass is 35.5. The van der Waals surface area contributed by atoms with Crippen molar-refractivity contribution in [1.29, 1.82) is 0 Å². The van der Waals surface area contributed by atoms with Crippen LogP contribution < -0.4 is 10.1 Å². The van der Waals surface area contributed by atoms with Crippen LogP contribution >= 0.6 is 12.4 Å². The fourth-order valence-corrected chi connectivity index (χ4v) is 3.15. The molecule has 0 spiro atoms. The Morgan fingerprint density at radius 3 is 2.52 bits per heavy atom. The number of hydrogen-bond donors (Lipinski definition) is 1. The van der Waals surface area contributed by atoms with Gasteiger partial charge in [-0.1, -0.05) is 6.42 Å². The SMILES string of the molecule is COc1ccc(C(=O)NCC(c2ccco2)N2CCCCC2)cc1.Cl. The van der Waals surface area contributed by atoms with Gasteiger partial charge in [0.2, 0.25) is 0 Å². The number of benzene rings is 1. The molecule has 1 aromatic heterocycles. The van der Waals surface area contributed by atoms with Crippen molar-refractivity contribution >= 4 is 18.3 Å². The fraction of sp³-hybridized carbons (Fsp3) is 0.421. The third-order valence-electron chi connectivity index (χ3n) is 4.51. The van der Waals surface area contributed by atoms with Crippen molar-refractivity contribution in [3.8, 4) is 5.75 Å². The van der Waals surface area contributed by atoms with E-state index in [1.807, 2.05) is 12.1 Å². The average molecular weight is 365 g/mol. The number of hydrogen-bond acceptors (Lipinski definition) is 4. The quantitative estimate of drug-likeness (QED) is 0.849. The number of methoxy groups -OCH3 is 1. The topological polar surface area (TPSA) is 54.7 Å². The first-order valence-corrected chi connectivity index (χ1v) is 8.47. The van der Waals surface area contributed by atoms with Crippen molar-refractivity contribution in [3.05, 3.63) is 54.0 Å². The Labute approximate surface area is 154 Å². The van der Waals surface area contributed by atoms with Crippen LogP contribution in [0.25, 0.3) is 0 Å². The van der Waals surface area contributed by atoms with Crippen molar-refractivity contribution in [3.63, 3.8) is 0 Å². The van der Waals surface area contributed by atoms with Gasteiger partial charge in [-0.2, -0.15) is 0 Å². The van der Waals surface area contributed by atoms with Crippen LogP contribution in [0.2, 0.25) is 0 Å². The van der Waals surface area contributed by atoms with Crippen molar-refractivity contribution in [2.45, 2.75) is 25.3 Å².